The van der Waals surface area contributed by atoms with Crippen LogP contribution in [-0.4, -0.2) is 24.0 Å². The van der Waals surface area contributed by atoms with Gasteiger partial charge in [-0.05, 0) is 29.8 Å². The van der Waals surface area contributed by atoms with Crippen LogP contribution in [0.25, 0.3) is 0 Å². The Labute approximate surface area is 171 Å². The number of amides is 1. The number of aromatic nitrogens is 1. The zero-order valence-corrected chi connectivity index (χ0v) is 16.7. The number of ether oxygens (including phenoxy) is 2. The highest BCUT2D eigenvalue weighted by Crippen LogP contribution is 2.35. The van der Waals surface area contributed by atoms with Gasteiger partial charge in [0.05, 0.1) is 24.9 Å². The Morgan fingerprint density at radius 1 is 1.17 bits per heavy atom. The highest BCUT2D eigenvalue weighted by Gasteiger charge is 2.21. The molecule has 0 N–H and O–H groups in total. The lowest BCUT2D eigenvalue weighted by molar-refractivity contribution is -0.144. The molecule has 0 bridgehead atoms. The molecule has 1 aromatic heterocycles. The first-order chi connectivity index (χ1) is 14.0. The summed E-state index contributed by atoms with van der Waals surface area (Å²) >= 11 is 1.26. The van der Waals surface area contributed by atoms with Crippen molar-refractivity contribution in [3.63, 3.8) is 0 Å². The van der Waals surface area contributed by atoms with Crippen LogP contribution in [0.4, 0.5) is 15.2 Å². The summed E-state index contributed by atoms with van der Waals surface area (Å²) in [7, 11) is 1.53. The minimum atomic E-state index is -0.488. The maximum Gasteiger partial charge on any atom is 0.310 e. The number of carbonyl (C=O) groups is 2. The Bertz CT molecular complexity index is 1020. The maximum absolute atomic E-state index is 13.2. The fraction of sp³-hybridized carbons (Fsp3) is 0.190. The van der Waals surface area contributed by atoms with Crippen LogP contribution in [0.2, 0.25) is 0 Å². The first-order valence-corrected chi connectivity index (χ1v) is 9.64. The minimum Gasteiger partial charge on any atom is -0.495 e. The molecule has 29 heavy (non-hydrogen) atoms. The van der Waals surface area contributed by atoms with Crippen molar-refractivity contribution in [2.45, 2.75) is 20.0 Å². The van der Waals surface area contributed by atoms with E-state index in [9.17, 15) is 14.0 Å². The van der Waals surface area contributed by atoms with E-state index in [4.69, 9.17) is 9.47 Å². The monoisotopic (exact) mass is 414 g/mol. The van der Waals surface area contributed by atoms with Crippen molar-refractivity contribution in [2.75, 3.05) is 12.0 Å². The average Bonchev–Trinajstić information content (AvgIpc) is 3.15. The second kappa shape index (κ2) is 9.29. The molecule has 8 heteroatoms. The van der Waals surface area contributed by atoms with Gasteiger partial charge >= 0.3 is 5.97 Å². The lowest BCUT2D eigenvalue weighted by Gasteiger charge is -2.20. The van der Waals surface area contributed by atoms with Crippen LogP contribution in [0.5, 0.6) is 5.75 Å². The zero-order chi connectivity index (χ0) is 20.8. The number of methoxy groups -OCH3 is 1. The molecule has 0 atom stereocenters. The number of halogens is 1. The van der Waals surface area contributed by atoms with E-state index in [1.54, 1.807) is 35.7 Å². The van der Waals surface area contributed by atoms with E-state index in [1.807, 2.05) is 6.07 Å². The molecule has 0 fully saturated rings. The van der Waals surface area contributed by atoms with Gasteiger partial charge < -0.3 is 9.47 Å². The summed E-state index contributed by atoms with van der Waals surface area (Å²) < 4.78 is 23.8. The topological polar surface area (TPSA) is 68.7 Å². The van der Waals surface area contributed by atoms with Crippen molar-refractivity contribution in [3.05, 3.63) is 71.0 Å². The number of para-hydroxylation sites is 2. The Balaban J connectivity index is 1.69. The number of nitrogens with zero attached hydrogens (tertiary/aromatic N) is 2. The fourth-order valence-corrected chi connectivity index (χ4v) is 3.57. The van der Waals surface area contributed by atoms with E-state index in [0.29, 0.717) is 27.8 Å². The van der Waals surface area contributed by atoms with Crippen LogP contribution in [-0.2, 0) is 27.4 Å². The molecule has 0 aliphatic carbocycles. The van der Waals surface area contributed by atoms with Crippen LogP contribution >= 0.6 is 11.3 Å². The number of hydrogen-bond donors (Lipinski definition) is 0. The Morgan fingerprint density at radius 3 is 2.69 bits per heavy atom. The van der Waals surface area contributed by atoms with Gasteiger partial charge in [0.25, 0.3) is 0 Å². The van der Waals surface area contributed by atoms with Gasteiger partial charge in [0.1, 0.15) is 18.2 Å². The fourth-order valence-electron chi connectivity index (χ4n) is 2.71. The molecule has 0 spiro atoms. The second-order valence-electron chi connectivity index (χ2n) is 6.12. The molecule has 0 aliphatic rings. The predicted molar refractivity (Wildman–Crippen MR) is 108 cm³/mol. The van der Waals surface area contributed by atoms with Gasteiger partial charge in [-0.25, -0.2) is 9.37 Å². The summed E-state index contributed by atoms with van der Waals surface area (Å²) in [6, 6.07) is 12.9. The van der Waals surface area contributed by atoms with E-state index in [0.717, 1.165) is 0 Å². The summed E-state index contributed by atoms with van der Waals surface area (Å²) in [5.74, 6) is -0.571. The molecular formula is C21H19FN2O4S. The van der Waals surface area contributed by atoms with Crippen molar-refractivity contribution in [1.82, 2.24) is 4.98 Å². The van der Waals surface area contributed by atoms with Gasteiger partial charge in [0.15, 0.2) is 5.13 Å². The van der Waals surface area contributed by atoms with Crippen molar-refractivity contribution in [1.29, 1.82) is 0 Å². The Morgan fingerprint density at radius 2 is 1.97 bits per heavy atom. The largest absolute Gasteiger partial charge is 0.495 e. The van der Waals surface area contributed by atoms with Gasteiger partial charge in [0.2, 0.25) is 5.91 Å². The van der Waals surface area contributed by atoms with E-state index >= 15 is 0 Å². The van der Waals surface area contributed by atoms with Crippen LogP contribution in [0, 0.1) is 5.82 Å². The molecule has 0 aliphatic heterocycles. The normalized spacial score (nSPS) is 10.4. The quantitative estimate of drug-likeness (QED) is 0.541. The van der Waals surface area contributed by atoms with Gasteiger partial charge in [0, 0.05) is 12.3 Å². The smallest absolute Gasteiger partial charge is 0.310 e. The third-order valence-corrected chi connectivity index (χ3v) is 4.87. The zero-order valence-electron chi connectivity index (χ0n) is 15.9. The molecule has 0 saturated carbocycles. The number of hydrogen-bond acceptors (Lipinski definition) is 6. The number of thiazole rings is 1. The van der Waals surface area contributed by atoms with Crippen molar-refractivity contribution in [3.8, 4) is 5.75 Å². The first-order valence-electron chi connectivity index (χ1n) is 8.76. The molecule has 3 rings (SSSR count). The Kier molecular flexibility index (Phi) is 6.56. The van der Waals surface area contributed by atoms with Gasteiger partial charge in [-0.2, -0.15) is 0 Å². The lowest BCUT2D eigenvalue weighted by Crippen LogP contribution is -2.23. The van der Waals surface area contributed by atoms with Crippen LogP contribution in [0.1, 0.15) is 18.2 Å². The number of benzene rings is 2. The number of rotatable bonds is 7. The second-order valence-corrected chi connectivity index (χ2v) is 6.95. The highest BCUT2D eigenvalue weighted by atomic mass is 32.1. The summed E-state index contributed by atoms with van der Waals surface area (Å²) in [4.78, 5) is 30.1. The highest BCUT2D eigenvalue weighted by molar-refractivity contribution is 7.14. The third kappa shape index (κ3) is 5.17. The molecule has 0 radical (unpaired) electrons. The number of carbonyl (C=O) groups excluding carboxylic acids is 2. The van der Waals surface area contributed by atoms with E-state index in [-0.39, 0.29) is 18.9 Å². The van der Waals surface area contributed by atoms with Crippen molar-refractivity contribution < 1.29 is 23.5 Å². The van der Waals surface area contributed by atoms with Crippen LogP contribution in [0.3, 0.4) is 0 Å². The van der Waals surface area contributed by atoms with E-state index in [1.165, 1.54) is 42.4 Å². The lowest BCUT2D eigenvalue weighted by atomic mass is 10.1. The molecule has 2 aromatic carbocycles. The van der Waals surface area contributed by atoms with Gasteiger partial charge in [-0.3, -0.25) is 14.5 Å². The SMILES string of the molecule is COc1ccccc1N(C(C)=O)c1nc(COC(=O)Cc2cccc(F)c2)cs1. The molecule has 150 valence electrons. The molecule has 1 heterocycles. The van der Waals surface area contributed by atoms with Gasteiger partial charge in [-0.1, -0.05) is 24.3 Å². The molecule has 3 aromatic rings. The average molecular weight is 414 g/mol. The van der Waals surface area contributed by atoms with Crippen LogP contribution in [0.15, 0.2) is 53.9 Å². The summed E-state index contributed by atoms with van der Waals surface area (Å²) in [6.07, 6.45) is -0.0322. The van der Waals surface area contributed by atoms with E-state index < -0.39 is 11.8 Å². The molecule has 0 unspecified atom stereocenters. The maximum atomic E-state index is 13.2. The molecule has 6 nitrogen and oxygen atoms in total. The predicted octanol–water partition coefficient (Wildman–Crippen LogP) is 4.26. The van der Waals surface area contributed by atoms with E-state index in [2.05, 4.69) is 4.98 Å². The Hall–Kier alpha value is -3.26. The van der Waals surface area contributed by atoms with Crippen LogP contribution < -0.4 is 9.64 Å². The molecule has 0 saturated heterocycles. The summed E-state index contributed by atoms with van der Waals surface area (Å²) in [6.45, 7) is 1.40. The first kappa shape index (κ1) is 20.5. The molecule has 1 amide bonds. The standard InChI is InChI=1S/C21H19FN2O4S/c1-14(25)24(18-8-3-4-9-19(18)27-2)21-23-17(13-29-21)12-28-20(26)11-15-6-5-7-16(22)10-15/h3-10,13H,11-12H2,1-2H3. The third-order valence-electron chi connectivity index (χ3n) is 3.99. The van der Waals surface area contributed by atoms with Gasteiger partial charge in [-0.15, -0.1) is 11.3 Å². The number of esters is 1. The summed E-state index contributed by atoms with van der Waals surface area (Å²) in [5, 5.41) is 2.16. The molecular weight excluding hydrogens is 395 g/mol. The van der Waals surface area contributed by atoms with Crippen molar-refractivity contribution >= 4 is 34.0 Å². The summed E-state index contributed by atoms with van der Waals surface area (Å²) in [5.41, 5.74) is 1.62. The minimum absolute atomic E-state index is 0.0322. The number of anilines is 2. The van der Waals surface area contributed by atoms with Crippen molar-refractivity contribution in [2.24, 2.45) is 0 Å².